The molecule has 2 aliphatic rings. The van der Waals surface area contributed by atoms with Gasteiger partial charge >= 0.3 is 5.97 Å². The molecule has 1 saturated carbocycles. The quantitative estimate of drug-likeness (QED) is 0.908. The van der Waals surface area contributed by atoms with E-state index in [1.165, 1.54) is 29.2 Å². The number of hydrogen-bond donors (Lipinski definition) is 1. The Balaban J connectivity index is 1.91. The molecular formula is C16H16F3NO3. The van der Waals surface area contributed by atoms with Crippen LogP contribution in [0.3, 0.4) is 0 Å². The highest BCUT2D eigenvalue weighted by atomic mass is 19.3. The van der Waals surface area contributed by atoms with Crippen LogP contribution in [0, 0.1) is 17.2 Å². The molecule has 2 unspecified atom stereocenters. The maximum Gasteiger partial charge on any atom is 0.306 e. The predicted molar refractivity (Wildman–Crippen MR) is 75.7 cm³/mol. The van der Waals surface area contributed by atoms with Gasteiger partial charge in [0.2, 0.25) is 11.8 Å². The van der Waals surface area contributed by atoms with Crippen LogP contribution in [-0.2, 0) is 9.59 Å². The Kier molecular flexibility index (Phi) is 3.61. The Bertz CT molecular complexity index is 664. The van der Waals surface area contributed by atoms with Crippen LogP contribution in [0.1, 0.15) is 25.7 Å². The number of hydrogen-bond acceptors (Lipinski definition) is 2. The largest absolute Gasteiger partial charge is 0.481 e. The highest BCUT2D eigenvalue weighted by molar-refractivity contribution is 6.00. The molecule has 0 radical (unpaired) electrons. The van der Waals surface area contributed by atoms with Crippen molar-refractivity contribution in [1.82, 2.24) is 0 Å². The second kappa shape index (κ2) is 5.25. The Morgan fingerprint density at radius 2 is 2.04 bits per heavy atom. The maximum absolute atomic E-state index is 14.0. The van der Waals surface area contributed by atoms with E-state index in [0.29, 0.717) is 5.69 Å². The van der Waals surface area contributed by atoms with E-state index in [9.17, 15) is 22.8 Å². The molecule has 3 rings (SSSR count). The number of carbonyl (C=O) groups excluding carboxylic acids is 1. The minimum absolute atomic E-state index is 0.0947. The summed E-state index contributed by atoms with van der Waals surface area (Å²) in [6, 6.07) is 5.38. The molecule has 1 spiro atoms. The second-order valence-electron chi connectivity index (χ2n) is 6.44. The van der Waals surface area contributed by atoms with Crippen LogP contribution >= 0.6 is 0 Å². The monoisotopic (exact) mass is 327 g/mol. The molecule has 1 N–H and O–H groups in total. The second-order valence-corrected chi connectivity index (χ2v) is 6.44. The summed E-state index contributed by atoms with van der Waals surface area (Å²) >= 11 is 0. The molecule has 4 nitrogen and oxygen atoms in total. The van der Waals surface area contributed by atoms with E-state index in [1.54, 1.807) is 0 Å². The van der Waals surface area contributed by atoms with Crippen LogP contribution in [0.15, 0.2) is 24.3 Å². The first kappa shape index (κ1) is 15.8. The first-order valence-corrected chi connectivity index (χ1v) is 7.41. The van der Waals surface area contributed by atoms with Gasteiger partial charge in [-0.05, 0) is 31.0 Å². The number of amides is 1. The van der Waals surface area contributed by atoms with Crippen molar-refractivity contribution < 1.29 is 27.9 Å². The SMILES string of the molecule is O=C(O)C1CC(F)(F)CC2(CCN(c3cccc(F)c3)C2=O)C1. The number of halogens is 3. The Morgan fingerprint density at radius 3 is 2.70 bits per heavy atom. The van der Waals surface area contributed by atoms with E-state index in [2.05, 4.69) is 0 Å². The van der Waals surface area contributed by atoms with Crippen molar-refractivity contribution in [2.45, 2.75) is 31.6 Å². The molecule has 2 fully saturated rings. The molecular weight excluding hydrogens is 311 g/mol. The maximum atomic E-state index is 14.0. The summed E-state index contributed by atoms with van der Waals surface area (Å²) in [6.07, 6.45) is -1.32. The van der Waals surface area contributed by atoms with E-state index in [-0.39, 0.29) is 19.4 Å². The molecule has 1 heterocycles. The lowest BCUT2D eigenvalue weighted by Crippen LogP contribution is -2.46. The van der Waals surface area contributed by atoms with Crippen LogP contribution in [0.25, 0.3) is 0 Å². The van der Waals surface area contributed by atoms with Gasteiger partial charge in [-0.1, -0.05) is 6.07 Å². The number of carboxylic acids is 1. The molecule has 1 aromatic rings. The Labute approximate surface area is 130 Å². The Hall–Kier alpha value is -2.05. The van der Waals surface area contributed by atoms with Crippen molar-refractivity contribution >= 4 is 17.6 Å². The standard InChI is InChI=1S/C16H16F3NO3/c17-11-2-1-3-12(6-11)20-5-4-15(14(20)23)7-10(13(21)22)8-16(18,19)9-15/h1-3,6,10H,4-5,7-9H2,(H,21,22). The third kappa shape index (κ3) is 2.80. The van der Waals surface area contributed by atoms with Gasteiger partial charge in [-0.3, -0.25) is 9.59 Å². The van der Waals surface area contributed by atoms with E-state index >= 15 is 0 Å². The van der Waals surface area contributed by atoms with E-state index < -0.39 is 47.8 Å². The van der Waals surface area contributed by atoms with Crippen LogP contribution in [-0.4, -0.2) is 29.5 Å². The first-order chi connectivity index (χ1) is 10.7. The van der Waals surface area contributed by atoms with Crippen molar-refractivity contribution in [1.29, 1.82) is 0 Å². The number of benzene rings is 1. The third-order valence-corrected chi connectivity index (χ3v) is 4.76. The predicted octanol–water partition coefficient (Wildman–Crippen LogP) is 3.07. The van der Waals surface area contributed by atoms with Crippen LogP contribution < -0.4 is 4.90 Å². The normalized spacial score (nSPS) is 30.0. The summed E-state index contributed by atoms with van der Waals surface area (Å²) in [5.74, 6) is -6.78. The molecule has 23 heavy (non-hydrogen) atoms. The van der Waals surface area contributed by atoms with Gasteiger partial charge in [0.25, 0.3) is 0 Å². The fraction of sp³-hybridized carbons (Fsp3) is 0.500. The average molecular weight is 327 g/mol. The van der Waals surface area contributed by atoms with Gasteiger partial charge in [0, 0.05) is 25.1 Å². The zero-order valence-electron chi connectivity index (χ0n) is 12.3. The molecule has 1 aromatic carbocycles. The molecule has 1 amide bonds. The van der Waals surface area contributed by atoms with Crippen molar-refractivity contribution in [3.63, 3.8) is 0 Å². The topological polar surface area (TPSA) is 57.6 Å². The van der Waals surface area contributed by atoms with Gasteiger partial charge < -0.3 is 10.0 Å². The van der Waals surface area contributed by atoms with Crippen LogP contribution in [0.5, 0.6) is 0 Å². The number of nitrogens with zero attached hydrogens (tertiary/aromatic N) is 1. The summed E-state index contributed by atoms with van der Waals surface area (Å²) in [4.78, 5) is 25.2. The van der Waals surface area contributed by atoms with Gasteiger partial charge in [0.15, 0.2) is 0 Å². The van der Waals surface area contributed by atoms with Crippen molar-refractivity contribution in [3.8, 4) is 0 Å². The third-order valence-electron chi connectivity index (χ3n) is 4.76. The zero-order valence-corrected chi connectivity index (χ0v) is 12.3. The van der Waals surface area contributed by atoms with E-state index in [4.69, 9.17) is 5.11 Å². The smallest absolute Gasteiger partial charge is 0.306 e. The van der Waals surface area contributed by atoms with Gasteiger partial charge in [-0.25, -0.2) is 13.2 Å². The number of rotatable bonds is 2. The first-order valence-electron chi connectivity index (χ1n) is 7.41. The lowest BCUT2D eigenvalue weighted by atomic mass is 9.67. The number of anilines is 1. The minimum Gasteiger partial charge on any atom is -0.481 e. The van der Waals surface area contributed by atoms with E-state index in [1.807, 2.05) is 0 Å². The Morgan fingerprint density at radius 1 is 1.30 bits per heavy atom. The fourth-order valence-electron chi connectivity index (χ4n) is 3.78. The molecule has 1 aliphatic carbocycles. The van der Waals surface area contributed by atoms with E-state index in [0.717, 1.165) is 0 Å². The molecule has 1 aliphatic heterocycles. The van der Waals surface area contributed by atoms with Crippen molar-refractivity contribution in [2.24, 2.45) is 11.3 Å². The zero-order chi connectivity index (χ0) is 16.8. The minimum atomic E-state index is -3.19. The fourth-order valence-corrected chi connectivity index (χ4v) is 3.78. The lowest BCUT2D eigenvalue weighted by molar-refractivity contribution is -0.160. The summed E-state index contributed by atoms with van der Waals surface area (Å²) < 4.78 is 41.3. The molecule has 7 heteroatoms. The van der Waals surface area contributed by atoms with Gasteiger partial charge in [0.05, 0.1) is 11.3 Å². The average Bonchev–Trinajstić information content (AvgIpc) is 2.74. The molecule has 0 aromatic heterocycles. The highest BCUT2D eigenvalue weighted by Gasteiger charge is 2.58. The summed E-state index contributed by atoms with van der Waals surface area (Å²) in [5.41, 5.74) is -1.07. The summed E-state index contributed by atoms with van der Waals surface area (Å²) in [5, 5.41) is 9.11. The van der Waals surface area contributed by atoms with Gasteiger partial charge in [0.1, 0.15) is 5.82 Å². The highest BCUT2D eigenvalue weighted by Crippen LogP contribution is 2.53. The van der Waals surface area contributed by atoms with Crippen molar-refractivity contribution in [2.75, 3.05) is 11.4 Å². The summed E-state index contributed by atoms with van der Waals surface area (Å²) in [6.45, 7) is 0.185. The number of carboxylic acid groups (broad SMARTS) is 1. The number of aliphatic carboxylic acids is 1. The molecule has 0 bridgehead atoms. The molecule has 2 atom stereocenters. The lowest BCUT2D eigenvalue weighted by Gasteiger charge is -2.39. The summed E-state index contributed by atoms with van der Waals surface area (Å²) in [7, 11) is 0. The number of alkyl halides is 2. The van der Waals surface area contributed by atoms with Crippen molar-refractivity contribution in [3.05, 3.63) is 30.1 Å². The van der Waals surface area contributed by atoms with Gasteiger partial charge in [-0.2, -0.15) is 0 Å². The van der Waals surface area contributed by atoms with Gasteiger partial charge in [-0.15, -0.1) is 0 Å². The van der Waals surface area contributed by atoms with Crippen LogP contribution in [0.2, 0.25) is 0 Å². The van der Waals surface area contributed by atoms with Crippen LogP contribution in [0.4, 0.5) is 18.9 Å². The number of carbonyl (C=O) groups is 2. The molecule has 1 saturated heterocycles. The molecule has 124 valence electrons.